The number of nitrogens with two attached hydrogens (primary N) is 1. The summed E-state index contributed by atoms with van der Waals surface area (Å²) in [5, 5.41) is 0. The van der Waals surface area contributed by atoms with Crippen molar-refractivity contribution in [3.8, 4) is 0 Å². The van der Waals surface area contributed by atoms with E-state index in [0.29, 0.717) is 11.3 Å². The van der Waals surface area contributed by atoms with Crippen LogP contribution in [0, 0.1) is 0 Å². The molecule has 1 amide bonds. The average molecular weight is 334 g/mol. The van der Waals surface area contributed by atoms with Crippen LogP contribution in [0.5, 0.6) is 0 Å². The van der Waals surface area contributed by atoms with Gasteiger partial charge in [-0.2, -0.15) is 0 Å². The van der Waals surface area contributed by atoms with Gasteiger partial charge in [0.2, 0.25) is 0 Å². The highest BCUT2D eigenvalue weighted by molar-refractivity contribution is 9.10. The Morgan fingerprint density at radius 2 is 2.10 bits per heavy atom. The third kappa shape index (κ3) is 3.17. The number of aromatic nitrogens is 1. The highest BCUT2D eigenvalue weighted by Crippen LogP contribution is 2.22. The maximum absolute atomic E-state index is 12.4. The number of carbonyl (C=O) groups is 1. The fourth-order valence-electron chi connectivity index (χ4n) is 1.95. The molecule has 2 rings (SSSR count). The van der Waals surface area contributed by atoms with Gasteiger partial charge in [-0.3, -0.25) is 9.78 Å². The summed E-state index contributed by atoms with van der Waals surface area (Å²) >= 11 is 3.32. The quantitative estimate of drug-likeness (QED) is 0.877. The molecule has 2 aromatic rings. The molecule has 104 valence electrons. The maximum atomic E-state index is 12.4. The van der Waals surface area contributed by atoms with Crippen LogP contribution in [0.4, 0.5) is 5.69 Å². The Morgan fingerprint density at radius 1 is 1.35 bits per heavy atom. The molecule has 0 aliphatic rings. The molecule has 5 heteroatoms. The largest absolute Gasteiger partial charge is 0.399 e. The van der Waals surface area contributed by atoms with Crippen LogP contribution in [0.1, 0.15) is 28.9 Å². The number of halogens is 1. The lowest BCUT2D eigenvalue weighted by molar-refractivity contribution is 0.0742. The molecule has 0 fully saturated rings. The zero-order valence-corrected chi connectivity index (χ0v) is 13.0. The predicted octanol–water partition coefficient (Wildman–Crippen LogP) is 3.26. The van der Waals surface area contributed by atoms with Gasteiger partial charge in [0.25, 0.3) is 5.91 Å². The van der Waals surface area contributed by atoms with Crippen LogP contribution < -0.4 is 5.73 Å². The van der Waals surface area contributed by atoms with Crippen LogP contribution in [0.2, 0.25) is 0 Å². The van der Waals surface area contributed by atoms with Crippen LogP contribution in [0.3, 0.4) is 0 Å². The topological polar surface area (TPSA) is 59.2 Å². The molecule has 0 saturated carbocycles. The summed E-state index contributed by atoms with van der Waals surface area (Å²) < 4.78 is 0.786. The minimum atomic E-state index is -0.0753. The second-order valence-corrected chi connectivity index (χ2v) is 5.57. The Kier molecular flexibility index (Phi) is 4.39. The van der Waals surface area contributed by atoms with Crippen molar-refractivity contribution in [2.24, 2.45) is 0 Å². The van der Waals surface area contributed by atoms with E-state index in [1.165, 1.54) is 0 Å². The smallest absolute Gasteiger partial charge is 0.255 e. The number of benzene rings is 1. The van der Waals surface area contributed by atoms with E-state index in [0.717, 1.165) is 10.0 Å². The SMILES string of the molecule is CC(c1cccc(N)c1)N(C)C(=O)c1cncc(Br)c1. The lowest BCUT2D eigenvalue weighted by Crippen LogP contribution is -2.29. The number of anilines is 1. The van der Waals surface area contributed by atoms with Gasteiger partial charge in [0, 0.05) is 29.6 Å². The molecular formula is C15H16BrN3O. The van der Waals surface area contributed by atoms with E-state index in [9.17, 15) is 4.79 Å². The standard InChI is InChI=1S/C15H16BrN3O/c1-10(11-4-3-5-14(17)7-11)19(2)15(20)12-6-13(16)9-18-8-12/h3-10H,17H2,1-2H3. The second kappa shape index (κ2) is 6.05. The van der Waals surface area contributed by atoms with E-state index in [1.54, 1.807) is 30.4 Å². The summed E-state index contributed by atoms with van der Waals surface area (Å²) in [5.41, 5.74) is 8.03. The Labute approximate surface area is 126 Å². The van der Waals surface area contributed by atoms with Crippen molar-refractivity contribution in [1.29, 1.82) is 0 Å². The Hall–Kier alpha value is -1.88. The minimum absolute atomic E-state index is 0.0648. The van der Waals surface area contributed by atoms with Crippen molar-refractivity contribution in [1.82, 2.24) is 9.88 Å². The molecule has 4 nitrogen and oxygen atoms in total. The predicted molar refractivity (Wildman–Crippen MR) is 83.3 cm³/mol. The van der Waals surface area contributed by atoms with Crippen LogP contribution >= 0.6 is 15.9 Å². The first-order valence-corrected chi connectivity index (χ1v) is 7.01. The molecule has 0 radical (unpaired) electrons. The van der Waals surface area contributed by atoms with E-state index in [-0.39, 0.29) is 11.9 Å². The summed E-state index contributed by atoms with van der Waals surface area (Å²) in [6.45, 7) is 1.97. The molecule has 1 aromatic carbocycles. The number of amides is 1. The molecule has 0 bridgehead atoms. The first kappa shape index (κ1) is 14.5. The number of rotatable bonds is 3. The van der Waals surface area contributed by atoms with Gasteiger partial charge in [-0.15, -0.1) is 0 Å². The molecule has 20 heavy (non-hydrogen) atoms. The molecule has 0 aliphatic carbocycles. The maximum Gasteiger partial charge on any atom is 0.255 e. The molecule has 1 atom stereocenters. The van der Waals surface area contributed by atoms with E-state index in [1.807, 2.05) is 31.2 Å². The summed E-state index contributed by atoms with van der Waals surface area (Å²) in [7, 11) is 1.77. The van der Waals surface area contributed by atoms with Crippen molar-refractivity contribution in [2.75, 3.05) is 12.8 Å². The Balaban J connectivity index is 2.22. The molecule has 2 N–H and O–H groups in total. The number of carbonyl (C=O) groups excluding carboxylic acids is 1. The fourth-order valence-corrected chi connectivity index (χ4v) is 2.32. The number of hydrogen-bond donors (Lipinski definition) is 1. The summed E-state index contributed by atoms with van der Waals surface area (Å²) in [6, 6.07) is 9.26. The average Bonchev–Trinajstić information content (AvgIpc) is 2.45. The molecule has 0 spiro atoms. The third-order valence-corrected chi connectivity index (χ3v) is 3.68. The zero-order valence-electron chi connectivity index (χ0n) is 11.4. The Bertz CT molecular complexity index is 630. The zero-order chi connectivity index (χ0) is 14.7. The summed E-state index contributed by atoms with van der Waals surface area (Å²) in [4.78, 5) is 18.1. The lowest BCUT2D eigenvalue weighted by Gasteiger charge is -2.25. The molecular weight excluding hydrogens is 318 g/mol. The van der Waals surface area contributed by atoms with Gasteiger partial charge < -0.3 is 10.6 Å². The molecule has 0 saturated heterocycles. The second-order valence-electron chi connectivity index (χ2n) is 4.65. The van der Waals surface area contributed by atoms with Gasteiger partial charge in [-0.1, -0.05) is 12.1 Å². The van der Waals surface area contributed by atoms with E-state index < -0.39 is 0 Å². The summed E-state index contributed by atoms with van der Waals surface area (Å²) in [6.07, 6.45) is 3.22. The van der Waals surface area contributed by atoms with Crippen molar-refractivity contribution >= 4 is 27.5 Å². The van der Waals surface area contributed by atoms with Crippen molar-refractivity contribution in [3.63, 3.8) is 0 Å². The summed E-state index contributed by atoms with van der Waals surface area (Å²) in [5.74, 6) is -0.0753. The molecule has 1 aromatic heterocycles. The van der Waals surface area contributed by atoms with Crippen LogP contribution in [0.15, 0.2) is 47.2 Å². The monoisotopic (exact) mass is 333 g/mol. The normalized spacial score (nSPS) is 11.9. The van der Waals surface area contributed by atoms with Gasteiger partial charge in [0.15, 0.2) is 0 Å². The van der Waals surface area contributed by atoms with Crippen LogP contribution in [0.25, 0.3) is 0 Å². The van der Waals surface area contributed by atoms with E-state index in [2.05, 4.69) is 20.9 Å². The van der Waals surface area contributed by atoms with Crippen molar-refractivity contribution in [2.45, 2.75) is 13.0 Å². The van der Waals surface area contributed by atoms with Crippen molar-refractivity contribution in [3.05, 3.63) is 58.3 Å². The minimum Gasteiger partial charge on any atom is -0.399 e. The van der Waals surface area contributed by atoms with Gasteiger partial charge in [-0.05, 0) is 46.6 Å². The first-order chi connectivity index (χ1) is 9.49. The lowest BCUT2D eigenvalue weighted by atomic mass is 10.1. The molecule has 0 aliphatic heterocycles. The highest BCUT2D eigenvalue weighted by Gasteiger charge is 2.19. The van der Waals surface area contributed by atoms with Crippen LogP contribution in [-0.2, 0) is 0 Å². The number of pyridine rings is 1. The van der Waals surface area contributed by atoms with Gasteiger partial charge in [0.1, 0.15) is 0 Å². The first-order valence-electron chi connectivity index (χ1n) is 6.22. The third-order valence-electron chi connectivity index (χ3n) is 3.25. The van der Waals surface area contributed by atoms with Gasteiger partial charge in [0.05, 0.1) is 11.6 Å². The fraction of sp³-hybridized carbons (Fsp3) is 0.200. The van der Waals surface area contributed by atoms with Crippen LogP contribution in [-0.4, -0.2) is 22.8 Å². The van der Waals surface area contributed by atoms with Crippen molar-refractivity contribution < 1.29 is 4.79 Å². The van der Waals surface area contributed by atoms with Gasteiger partial charge in [-0.25, -0.2) is 0 Å². The van der Waals surface area contributed by atoms with E-state index in [4.69, 9.17) is 5.73 Å². The highest BCUT2D eigenvalue weighted by atomic mass is 79.9. The van der Waals surface area contributed by atoms with Gasteiger partial charge >= 0.3 is 0 Å². The number of hydrogen-bond acceptors (Lipinski definition) is 3. The number of nitrogens with zero attached hydrogens (tertiary/aromatic N) is 2. The van der Waals surface area contributed by atoms with E-state index >= 15 is 0 Å². The molecule has 1 heterocycles. The number of nitrogen functional groups attached to an aromatic ring is 1. The Morgan fingerprint density at radius 3 is 2.75 bits per heavy atom. The molecule has 1 unspecified atom stereocenters.